The maximum atomic E-state index is 12.0. The molecule has 6 heteroatoms. The van der Waals surface area contributed by atoms with Crippen molar-refractivity contribution in [2.75, 3.05) is 0 Å². The van der Waals surface area contributed by atoms with Crippen LogP contribution in [0.1, 0.15) is 41.3 Å². The molecule has 0 aromatic carbocycles. The van der Waals surface area contributed by atoms with E-state index in [-0.39, 0.29) is 11.9 Å². The molecule has 108 valence electrons. The molecule has 0 spiro atoms. The first-order valence-corrected chi connectivity index (χ1v) is 7.63. The Hall–Kier alpha value is -1.33. The number of carbonyl (C=O) groups is 1. The van der Waals surface area contributed by atoms with Gasteiger partial charge < -0.3 is 9.84 Å². The van der Waals surface area contributed by atoms with E-state index < -0.39 is 0 Å². The standard InChI is InChI=1S/C14H17ClN2O2S/c1-8-11(10(3)19-17-8)4-7-14(18)16-9(2)12-5-6-13(15)20-12/h5-6,9H,4,7H2,1-3H3,(H,16,18)/t9-/m0/s1. The van der Waals surface area contributed by atoms with Gasteiger partial charge in [0.1, 0.15) is 5.76 Å². The van der Waals surface area contributed by atoms with Crippen LogP contribution < -0.4 is 5.32 Å². The van der Waals surface area contributed by atoms with Crippen molar-refractivity contribution in [2.24, 2.45) is 0 Å². The highest BCUT2D eigenvalue weighted by atomic mass is 35.5. The van der Waals surface area contributed by atoms with Crippen LogP contribution in [0.25, 0.3) is 0 Å². The van der Waals surface area contributed by atoms with Crippen LogP contribution in [0, 0.1) is 13.8 Å². The minimum atomic E-state index is -0.0235. The zero-order valence-corrected chi connectivity index (χ0v) is 13.3. The molecule has 0 aliphatic heterocycles. The fraction of sp³-hybridized carbons (Fsp3) is 0.429. The van der Waals surface area contributed by atoms with Gasteiger partial charge in [0.25, 0.3) is 0 Å². The SMILES string of the molecule is Cc1noc(C)c1CCC(=O)N[C@@H](C)c1ccc(Cl)s1. The molecule has 2 aromatic rings. The molecule has 0 aliphatic carbocycles. The number of hydrogen-bond acceptors (Lipinski definition) is 4. The highest BCUT2D eigenvalue weighted by molar-refractivity contribution is 7.16. The molecule has 0 bridgehead atoms. The normalized spacial score (nSPS) is 12.4. The summed E-state index contributed by atoms with van der Waals surface area (Å²) in [7, 11) is 0. The summed E-state index contributed by atoms with van der Waals surface area (Å²) in [6, 6.07) is 3.75. The molecule has 0 saturated carbocycles. The fourth-order valence-corrected chi connectivity index (χ4v) is 3.11. The van der Waals surface area contributed by atoms with Crippen LogP contribution in [0.15, 0.2) is 16.7 Å². The molecule has 0 radical (unpaired) electrons. The van der Waals surface area contributed by atoms with Crippen molar-refractivity contribution < 1.29 is 9.32 Å². The lowest BCUT2D eigenvalue weighted by atomic mass is 10.1. The molecular weight excluding hydrogens is 296 g/mol. The minimum Gasteiger partial charge on any atom is -0.361 e. The van der Waals surface area contributed by atoms with Crippen LogP contribution >= 0.6 is 22.9 Å². The van der Waals surface area contributed by atoms with Crippen LogP contribution in [0.5, 0.6) is 0 Å². The summed E-state index contributed by atoms with van der Waals surface area (Å²) in [5.74, 6) is 0.801. The Morgan fingerprint density at radius 2 is 2.25 bits per heavy atom. The molecule has 2 aromatic heterocycles. The number of aromatic nitrogens is 1. The lowest BCUT2D eigenvalue weighted by molar-refractivity contribution is -0.121. The maximum Gasteiger partial charge on any atom is 0.220 e. The zero-order valence-electron chi connectivity index (χ0n) is 11.7. The van der Waals surface area contributed by atoms with Crippen molar-refractivity contribution in [3.8, 4) is 0 Å². The number of hydrogen-bond donors (Lipinski definition) is 1. The summed E-state index contributed by atoms with van der Waals surface area (Å²) >= 11 is 7.38. The van der Waals surface area contributed by atoms with Gasteiger partial charge in [-0.2, -0.15) is 0 Å². The molecule has 1 atom stereocenters. The average Bonchev–Trinajstić information content (AvgIpc) is 2.95. The molecule has 20 heavy (non-hydrogen) atoms. The first-order valence-electron chi connectivity index (χ1n) is 6.43. The second-order valence-electron chi connectivity index (χ2n) is 4.73. The van der Waals surface area contributed by atoms with Gasteiger partial charge in [-0.05, 0) is 39.3 Å². The first-order chi connectivity index (χ1) is 9.47. The first kappa shape index (κ1) is 15.1. The Morgan fingerprint density at radius 3 is 2.80 bits per heavy atom. The van der Waals surface area contributed by atoms with Gasteiger partial charge in [-0.25, -0.2) is 0 Å². The zero-order chi connectivity index (χ0) is 14.7. The molecule has 2 heterocycles. The van der Waals surface area contributed by atoms with Gasteiger partial charge in [-0.15, -0.1) is 11.3 Å². The molecule has 2 rings (SSSR count). The number of nitrogens with zero attached hydrogens (tertiary/aromatic N) is 1. The Labute approximate surface area is 127 Å². The molecule has 4 nitrogen and oxygen atoms in total. The van der Waals surface area contributed by atoms with Crippen molar-refractivity contribution in [3.05, 3.63) is 38.4 Å². The number of carbonyl (C=O) groups excluding carboxylic acids is 1. The van der Waals surface area contributed by atoms with Crippen LogP contribution in [0.2, 0.25) is 4.34 Å². The van der Waals surface area contributed by atoms with Crippen molar-refractivity contribution in [3.63, 3.8) is 0 Å². The van der Waals surface area contributed by atoms with E-state index >= 15 is 0 Å². The summed E-state index contributed by atoms with van der Waals surface area (Å²) in [4.78, 5) is 13.0. The average molecular weight is 313 g/mol. The van der Waals surface area contributed by atoms with Gasteiger partial charge >= 0.3 is 0 Å². The molecular formula is C14H17ClN2O2S. The molecule has 1 amide bonds. The highest BCUT2D eigenvalue weighted by Crippen LogP contribution is 2.26. The molecule has 0 aliphatic rings. The lowest BCUT2D eigenvalue weighted by Gasteiger charge is -2.12. The van der Waals surface area contributed by atoms with E-state index in [4.69, 9.17) is 16.1 Å². The fourth-order valence-electron chi connectivity index (χ4n) is 2.04. The highest BCUT2D eigenvalue weighted by Gasteiger charge is 2.14. The maximum absolute atomic E-state index is 12.0. The monoisotopic (exact) mass is 312 g/mol. The second kappa shape index (κ2) is 6.41. The predicted molar refractivity (Wildman–Crippen MR) is 80.2 cm³/mol. The summed E-state index contributed by atoms with van der Waals surface area (Å²) in [5, 5.41) is 6.86. The quantitative estimate of drug-likeness (QED) is 0.913. The van der Waals surface area contributed by atoms with E-state index in [1.165, 1.54) is 11.3 Å². The van der Waals surface area contributed by atoms with E-state index in [2.05, 4.69) is 10.5 Å². The molecule has 0 unspecified atom stereocenters. The number of halogens is 1. The summed E-state index contributed by atoms with van der Waals surface area (Å²) in [6.45, 7) is 5.71. The molecule has 0 saturated heterocycles. The third-order valence-corrected chi connectivity index (χ3v) is 4.60. The number of thiophene rings is 1. The Balaban J connectivity index is 1.87. The topological polar surface area (TPSA) is 55.1 Å². The summed E-state index contributed by atoms with van der Waals surface area (Å²) < 4.78 is 5.82. The lowest BCUT2D eigenvalue weighted by Crippen LogP contribution is -2.26. The van der Waals surface area contributed by atoms with E-state index in [0.29, 0.717) is 12.8 Å². The second-order valence-corrected chi connectivity index (χ2v) is 6.48. The largest absolute Gasteiger partial charge is 0.361 e. The number of nitrogens with one attached hydrogen (secondary N) is 1. The molecule has 0 fully saturated rings. The smallest absolute Gasteiger partial charge is 0.220 e. The van der Waals surface area contributed by atoms with E-state index in [1.807, 2.05) is 32.9 Å². The Morgan fingerprint density at radius 1 is 1.50 bits per heavy atom. The van der Waals surface area contributed by atoms with Crippen LogP contribution in [-0.4, -0.2) is 11.1 Å². The van der Waals surface area contributed by atoms with Gasteiger partial charge in [0.15, 0.2) is 0 Å². The summed E-state index contributed by atoms with van der Waals surface area (Å²) in [5.41, 5.74) is 1.88. The van der Waals surface area contributed by atoms with Crippen LogP contribution in [-0.2, 0) is 11.2 Å². The number of aryl methyl sites for hydroxylation is 2. The summed E-state index contributed by atoms with van der Waals surface area (Å²) in [6.07, 6.45) is 1.07. The van der Waals surface area contributed by atoms with Gasteiger partial charge in [-0.1, -0.05) is 16.8 Å². The number of amides is 1. The molecule has 1 N–H and O–H groups in total. The van der Waals surface area contributed by atoms with E-state index in [0.717, 1.165) is 26.2 Å². The van der Waals surface area contributed by atoms with E-state index in [9.17, 15) is 4.79 Å². The Kier molecular flexibility index (Phi) is 4.83. The van der Waals surface area contributed by atoms with E-state index in [1.54, 1.807) is 0 Å². The van der Waals surface area contributed by atoms with Gasteiger partial charge in [0.2, 0.25) is 5.91 Å². The third-order valence-electron chi connectivity index (χ3n) is 3.18. The van der Waals surface area contributed by atoms with Crippen LogP contribution in [0.3, 0.4) is 0 Å². The van der Waals surface area contributed by atoms with Crippen molar-refractivity contribution >= 4 is 28.8 Å². The van der Waals surface area contributed by atoms with Crippen molar-refractivity contribution in [1.82, 2.24) is 10.5 Å². The predicted octanol–water partition coefficient (Wildman–Crippen LogP) is 3.82. The number of rotatable bonds is 5. The van der Waals surface area contributed by atoms with Crippen molar-refractivity contribution in [1.29, 1.82) is 0 Å². The van der Waals surface area contributed by atoms with Crippen LogP contribution in [0.4, 0.5) is 0 Å². The van der Waals surface area contributed by atoms with Gasteiger partial charge in [0.05, 0.1) is 16.1 Å². The Bertz CT molecular complexity index is 587. The van der Waals surface area contributed by atoms with Gasteiger partial charge in [0, 0.05) is 16.9 Å². The van der Waals surface area contributed by atoms with Gasteiger partial charge in [-0.3, -0.25) is 4.79 Å². The third kappa shape index (κ3) is 3.61. The van der Waals surface area contributed by atoms with Crippen molar-refractivity contribution in [2.45, 2.75) is 39.7 Å². The minimum absolute atomic E-state index is 0.0158.